The van der Waals surface area contributed by atoms with E-state index >= 15 is 0 Å². The van der Waals surface area contributed by atoms with E-state index in [1.807, 2.05) is 18.2 Å². The minimum atomic E-state index is -0.842. The van der Waals surface area contributed by atoms with Crippen molar-refractivity contribution in [1.82, 2.24) is 9.80 Å². The predicted octanol–water partition coefficient (Wildman–Crippen LogP) is 3.24. The van der Waals surface area contributed by atoms with Crippen LogP contribution in [-0.2, 0) is 0 Å². The molecule has 1 aromatic rings. The molecule has 0 aromatic heterocycles. The molecule has 3 N–H and O–H groups in total. The van der Waals surface area contributed by atoms with E-state index in [9.17, 15) is 9.90 Å². The highest BCUT2D eigenvalue weighted by Gasteiger charge is 2.18. The molecule has 1 aliphatic rings. The Morgan fingerprint density at radius 3 is 2.20 bits per heavy atom. The monoisotopic (exact) mass is 348 g/mol. The van der Waals surface area contributed by atoms with Gasteiger partial charge in [-0.2, -0.15) is 0 Å². The van der Waals surface area contributed by atoms with Gasteiger partial charge in [-0.25, -0.2) is 4.79 Å². The molecule has 2 rings (SSSR count). The van der Waals surface area contributed by atoms with Gasteiger partial charge in [0.2, 0.25) is 0 Å². The molecule has 25 heavy (non-hydrogen) atoms. The van der Waals surface area contributed by atoms with Gasteiger partial charge < -0.3 is 25.5 Å². The molecule has 1 aromatic carbocycles. The van der Waals surface area contributed by atoms with Gasteiger partial charge in [-0.1, -0.05) is 32.9 Å². The summed E-state index contributed by atoms with van der Waals surface area (Å²) >= 11 is 0. The Bertz CT molecular complexity index is 557. The molecule has 0 unspecified atom stereocenters. The molecule has 0 saturated heterocycles. The Kier molecular flexibility index (Phi) is 6.93. The molecule has 6 heteroatoms. The summed E-state index contributed by atoms with van der Waals surface area (Å²) in [6, 6.07) is 8.10. The average Bonchev–Trinajstić information content (AvgIpc) is 2.53. The molecular formula is C19H32N4O2. The molecule has 1 aliphatic heterocycles. The standard InChI is InChI=1S/C19H32N4O2/c1-19(2,3)15-22-11-6-12-23(18(24)25)14-10-21-17-8-5-4-7-16(17)20-9-13-22/h4-5,7-8,20-21H,6,9-15H2,1-3H3,(H,24,25). The van der Waals surface area contributed by atoms with Crippen LogP contribution in [0.15, 0.2) is 24.3 Å². The number of hydrogen-bond acceptors (Lipinski definition) is 4. The summed E-state index contributed by atoms with van der Waals surface area (Å²) < 4.78 is 0. The Labute approximate surface area is 151 Å². The van der Waals surface area contributed by atoms with Crippen LogP contribution in [0.2, 0.25) is 0 Å². The molecule has 0 saturated carbocycles. The van der Waals surface area contributed by atoms with E-state index in [2.05, 4.69) is 42.4 Å². The Morgan fingerprint density at radius 1 is 1.04 bits per heavy atom. The zero-order valence-electron chi connectivity index (χ0n) is 15.7. The molecule has 0 fully saturated rings. The van der Waals surface area contributed by atoms with Crippen LogP contribution in [-0.4, -0.2) is 66.8 Å². The third-order valence-corrected chi connectivity index (χ3v) is 4.24. The third kappa shape index (κ3) is 6.82. The smallest absolute Gasteiger partial charge is 0.407 e. The van der Waals surface area contributed by atoms with Gasteiger partial charge in [0.05, 0.1) is 11.4 Å². The van der Waals surface area contributed by atoms with Crippen molar-refractivity contribution in [3.63, 3.8) is 0 Å². The van der Waals surface area contributed by atoms with Crippen molar-refractivity contribution in [2.75, 3.05) is 56.4 Å². The van der Waals surface area contributed by atoms with E-state index in [4.69, 9.17) is 0 Å². The molecule has 1 heterocycles. The lowest BCUT2D eigenvalue weighted by atomic mass is 9.96. The van der Waals surface area contributed by atoms with Gasteiger partial charge in [-0.05, 0) is 30.5 Å². The third-order valence-electron chi connectivity index (χ3n) is 4.24. The van der Waals surface area contributed by atoms with Crippen LogP contribution in [0.4, 0.5) is 16.2 Å². The number of fused-ring (bicyclic) bond motifs is 1. The summed E-state index contributed by atoms with van der Waals surface area (Å²) in [6.45, 7) is 12.1. The van der Waals surface area contributed by atoms with Crippen LogP contribution in [0, 0.1) is 5.41 Å². The summed E-state index contributed by atoms with van der Waals surface area (Å²) in [5.74, 6) is 0. The Morgan fingerprint density at radius 2 is 1.64 bits per heavy atom. The topological polar surface area (TPSA) is 67.8 Å². The molecule has 0 spiro atoms. The lowest BCUT2D eigenvalue weighted by molar-refractivity contribution is 0.140. The van der Waals surface area contributed by atoms with Gasteiger partial charge in [-0.15, -0.1) is 0 Å². The highest BCUT2D eigenvalue weighted by Crippen LogP contribution is 2.21. The number of carbonyl (C=O) groups is 1. The maximum absolute atomic E-state index is 11.5. The van der Waals surface area contributed by atoms with Crippen molar-refractivity contribution in [3.8, 4) is 0 Å². The second-order valence-corrected chi connectivity index (χ2v) is 7.86. The number of para-hydroxylation sites is 2. The van der Waals surface area contributed by atoms with Gasteiger partial charge >= 0.3 is 6.09 Å². The number of nitrogens with zero attached hydrogens (tertiary/aromatic N) is 2. The molecule has 140 valence electrons. The average molecular weight is 348 g/mol. The summed E-state index contributed by atoms with van der Waals surface area (Å²) in [4.78, 5) is 15.4. The van der Waals surface area contributed by atoms with Crippen LogP contribution in [0.5, 0.6) is 0 Å². The first-order valence-electron chi connectivity index (χ1n) is 9.12. The maximum Gasteiger partial charge on any atom is 0.407 e. The highest BCUT2D eigenvalue weighted by atomic mass is 16.4. The quantitative estimate of drug-likeness (QED) is 0.727. The highest BCUT2D eigenvalue weighted by molar-refractivity contribution is 5.69. The van der Waals surface area contributed by atoms with Crippen molar-refractivity contribution >= 4 is 17.5 Å². The van der Waals surface area contributed by atoms with Crippen LogP contribution < -0.4 is 10.6 Å². The van der Waals surface area contributed by atoms with E-state index in [1.165, 1.54) is 4.90 Å². The van der Waals surface area contributed by atoms with Gasteiger partial charge in [0.1, 0.15) is 0 Å². The lowest BCUT2D eigenvalue weighted by Gasteiger charge is -2.30. The number of carboxylic acid groups (broad SMARTS) is 1. The first-order chi connectivity index (χ1) is 11.8. The fraction of sp³-hybridized carbons (Fsp3) is 0.632. The number of anilines is 2. The van der Waals surface area contributed by atoms with Crippen LogP contribution in [0.1, 0.15) is 27.2 Å². The molecule has 0 aliphatic carbocycles. The molecular weight excluding hydrogens is 316 g/mol. The van der Waals surface area contributed by atoms with Crippen LogP contribution in [0.25, 0.3) is 0 Å². The predicted molar refractivity (Wildman–Crippen MR) is 104 cm³/mol. The Hall–Kier alpha value is -1.95. The van der Waals surface area contributed by atoms with E-state index in [0.29, 0.717) is 19.6 Å². The van der Waals surface area contributed by atoms with Crippen LogP contribution in [0.3, 0.4) is 0 Å². The normalized spacial score (nSPS) is 18.0. The van der Waals surface area contributed by atoms with Crippen molar-refractivity contribution in [1.29, 1.82) is 0 Å². The van der Waals surface area contributed by atoms with E-state index < -0.39 is 6.09 Å². The van der Waals surface area contributed by atoms with E-state index in [1.54, 1.807) is 0 Å². The fourth-order valence-electron chi connectivity index (χ4n) is 3.19. The van der Waals surface area contributed by atoms with Gasteiger partial charge in [0.15, 0.2) is 0 Å². The fourth-order valence-corrected chi connectivity index (χ4v) is 3.19. The van der Waals surface area contributed by atoms with Crippen molar-refractivity contribution in [2.24, 2.45) is 5.41 Å². The second-order valence-electron chi connectivity index (χ2n) is 7.86. The van der Waals surface area contributed by atoms with E-state index in [0.717, 1.165) is 44.0 Å². The number of amides is 1. The van der Waals surface area contributed by atoms with Gasteiger partial charge in [0, 0.05) is 39.3 Å². The largest absolute Gasteiger partial charge is 0.465 e. The molecule has 0 radical (unpaired) electrons. The number of nitrogens with one attached hydrogen (secondary N) is 2. The molecule has 0 atom stereocenters. The van der Waals surface area contributed by atoms with E-state index in [-0.39, 0.29) is 5.41 Å². The second kappa shape index (κ2) is 8.94. The SMILES string of the molecule is CC(C)(C)CN1CCCN(C(=O)O)CCNc2ccccc2NCC1. The minimum absolute atomic E-state index is 0.222. The number of rotatable bonds is 1. The maximum atomic E-state index is 11.5. The number of hydrogen-bond donors (Lipinski definition) is 3. The van der Waals surface area contributed by atoms with Crippen molar-refractivity contribution in [3.05, 3.63) is 24.3 Å². The summed E-state index contributed by atoms with van der Waals surface area (Å²) in [7, 11) is 0. The lowest BCUT2D eigenvalue weighted by Crippen LogP contribution is -2.39. The first kappa shape index (κ1) is 19.4. The van der Waals surface area contributed by atoms with Gasteiger partial charge in [0.25, 0.3) is 0 Å². The minimum Gasteiger partial charge on any atom is -0.465 e. The van der Waals surface area contributed by atoms with Crippen molar-refractivity contribution in [2.45, 2.75) is 27.2 Å². The summed E-state index contributed by atoms with van der Waals surface area (Å²) in [6.07, 6.45) is 0.0143. The Balaban J connectivity index is 2.10. The number of benzene rings is 1. The zero-order valence-corrected chi connectivity index (χ0v) is 15.7. The van der Waals surface area contributed by atoms with Crippen molar-refractivity contribution < 1.29 is 9.90 Å². The zero-order chi connectivity index (χ0) is 18.3. The molecule has 0 bridgehead atoms. The molecule has 6 nitrogen and oxygen atoms in total. The first-order valence-corrected chi connectivity index (χ1v) is 9.12. The summed E-state index contributed by atoms with van der Waals surface area (Å²) in [5.41, 5.74) is 2.31. The summed E-state index contributed by atoms with van der Waals surface area (Å²) in [5, 5.41) is 16.3. The van der Waals surface area contributed by atoms with Crippen LogP contribution >= 0.6 is 0 Å². The molecule has 1 amide bonds. The van der Waals surface area contributed by atoms with Gasteiger partial charge in [-0.3, -0.25) is 0 Å².